The summed E-state index contributed by atoms with van der Waals surface area (Å²) in [6.45, 7) is 7.30. The third kappa shape index (κ3) is 3.77. The van der Waals surface area contributed by atoms with E-state index < -0.39 is 0 Å². The lowest BCUT2D eigenvalue weighted by atomic mass is 10.0. The lowest BCUT2D eigenvalue weighted by Gasteiger charge is -2.39. The summed E-state index contributed by atoms with van der Waals surface area (Å²) in [5.41, 5.74) is 1.03. The zero-order chi connectivity index (χ0) is 13.8. The van der Waals surface area contributed by atoms with Crippen molar-refractivity contribution in [3.63, 3.8) is 0 Å². The van der Waals surface area contributed by atoms with E-state index in [0.29, 0.717) is 16.6 Å². The molecule has 1 aliphatic heterocycles. The Bertz CT molecular complexity index is 425. The maximum absolute atomic E-state index is 13.6. The zero-order valence-corrected chi connectivity index (χ0v) is 13.2. The fourth-order valence-electron chi connectivity index (χ4n) is 2.65. The molecule has 0 saturated carbocycles. The first kappa shape index (κ1) is 14.9. The van der Waals surface area contributed by atoms with Gasteiger partial charge in [0.15, 0.2) is 0 Å². The zero-order valence-electron chi connectivity index (χ0n) is 11.6. The van der Waals surface area contributed by atoms with E-state index in [1.54, 1.807) is 6.07 Å². The van der Waals surface area contributed by atoms with Crippen molar-refractivity contribution in [3.05, 3.63) is 34.1 Å². The molecular formula is C15H22BrFN2. The maximum atomic E-state index is 13.6. The van der Waals surface area contributed by atoms with E-state index in [4.69, 9.17) is 0 Å². The molecule has 19 heavy (non-hydrogen) atoms. The van der Waals surface area contributed by atoms with Crippen molar-refractivity contribution in [1.82, 2.24) is 10.2 Å². The van der Waals surface area contributed by atoms with Crippen molar-refractivity contribution in [1.29, 1.82) is 0 Å². The molecule has 1 aromatic rings. The van der Waals surface area contributed by atoms with Crippen LogP contribution < -0.4 is 5.32 Å². The van der Waals surface area contributed by atoms with Crippen molar-refractivity contribution in [2.75, 3.05) is 13.1 Å². The molecule has 0 amide bonds. The second-order valence-electron chi connectivity index (χ2n) is 5.39. The third-order valence-electron chi connectivity index (χ3n) is 3.82. The third-order valence-corrected chi connectivity index (χ3v) is 4.71. The van der Waals surface area contributed by atoms with Crippen LogP contribution in [0, 0.1) is 5.82 Å². The topological polar surface area (TPSA) is 15.3 Å². The fraction of sp³-hybridized carbons (Fsp3) is 0.600. The average molecular weight is 329 g/mol. The SMILES string of the molecule is CCCC1CN(Cc2cccc(F)c2Br)C(C)CN1. The summed E-state index contributed by atoms with van der Waals surface area (Å²) in [5, 5.41) is 3.58. The normalized spacial score (nSPS) is 24.6. The highest BCUT2D eigenvalue weighted by Crippen LogP contribution is 2.23. The molecule has 2 nitrogen and oxygen atoms in total. The molecule has 1 N–H and O–H groups in total. The van der Waals surface area contributed by atoms with Crippen LogP contribution in [0.3, 0.4) is 0 Å². The molecule has 1 fully saturated rings. The molecule has 1 saturated heterocycles. The first-order valence-electron chi connectivity index (χ1n) is 7.02. The number of piperazine rings is 1. The van der Waals surface area contributed by atoms with Gasteiger partial charge in [-0.05, 0) is 40.9 Å². The van der Waals surface area contributed by atoms with E-state index in [2.05, 4.69) is 40.0 Å². The van der Waals surface area contributed by atoms with E-state index in [-0.39, 0.29) is 5.82 Å². The minimum Gasteiger partial charge on any atom is -0.311 e. The number of hydrogen-bond acceptors (Lipinski definition) is 2. The molecule has 106 valence electrons. The van der Waals surface area contributed by atoms with Gasteiger partial charge in [0.25, 0.3) is 0 Å². The maximum Gasteiger partial charge on any atom is 0.137 e. The molecule has 0 aromatic heterocycles. The van der Waals surface area contributed by atoms with Gasteiger partial charge in [0.05, 0.1) is 4.47 Å². The Balaban J connectivity index is 2.05. The minimum atomic E-state index is -0.176. The summed E-state index contributed by atoms with van der Waals surface area (Å²) in [6, 6.07) is 6.33. The molecular weight excluding hydrogens is 307 g/mol. The summed E-state index contributed by atoms with van der Waals surface area (Å²) in [6.07, 6.45) is 2.40. The number of hydrogen-bond donors (Lipinski definition) is 1. The van der Waals surface area contributed by atoms with E-state index in [1.165, 1.54) is 18.9 Å². The Morgan fingerprint density at radius 2 is 2.26 bits per heavy atom. The van der Waals surface area contributed by atoms with Crippen LogP contribution >= 0.6 is 15.9 Å². The Kier molecular flexibility index (Phi) is 5.37. The van der Waals surface area contributed by atoms with Crippen molar-refractivity contribution in [2.24, 2.45) is 0 Å². The highest BCUT2D eigenvalue weighted by molar-refractivity contribution is 9.10. The largest absolute Gasteiger partial charge is 0.311 e. The quantitative estimate of drug-likeness (QED) is 0.909. The van der Waals surface area contributed by atoms with Crippen LogP contribution in [0.5, 0.6) is 0 Å². The Morgan fingerprint density at radius 1 is 1.47 bits per heavy atom. The van der Waals surface area contributed by atoms with Gasteiger partial charge in [0.2, 0.25) is 0 Å². The summed E-state index contributed by atoms with van der Waals surface area (Å²) in [7, 11) is 0. The summed E-state index contributed by atoms with van der Waals surface area (Å²) < 4.78 is 14.2. The van der Waals surface area contributed by atoms with Gasteiger partial charge >= 0.3 is 0 Å². The Morgan fingerprint density at radius 3 is 3.00 bits per heavy atom. The molecule has 2 atom stereocenters. The first-order valence-corrected chi connectivity index (χ1v) is 7.81. The highest BCUT2D eigenvalue weighted by atomic mass is 79.9. The molecule has 1 heterocycles. The van der Waals surface area contributed by atoms with Crippen LogP contribution in [0.1, 0.15) is 32.3 Å². The number of nitrogens with zero attached hydrogens (tertiary/aromatic N) is 1. The summed E-state index contributed by atoms with van der Waals surface area (Å²) in [5.74, 6) is -0.176. The van der Waals surface area contributed by atoms with Gasteiger partial charge in [-0.15, -0.1) is 0 Å². The smallest absolute Gasteiger partial charge is 0.137 e. The first-order chi connectivity index (χ1) is 9.11. The van der Waals surface area contributed by atoms with Gasteiger partial charge in [-0.1, -0.05) is 25.5 Å². The number of nitrogens with one attached hydrogen (secondary N) is 1. The fourth-order valence-corrected chi connectivity index (χ4v) is 3.04. The molecule has 1 aromatic carbocycles. The van der Waals surface area contributed by atoms with E-state index in [0.717, 1.165) is 25.2 Å². The van der Waals surface area contributed by atoms with Gasteiger partial charge in [-0.3, -0.25) is 4.90 Å². The molecule has 2 rings (SSSR count). The van der Waals surface area contributed by atoms with E-state index in [9.17, 15) is 4.39 Å². The Hall–Kier alpha value is -0.450. The van der Waals surface area contributed by atoms with Crippen LogP contribution in [-0.2, 0) is 6.54 Å². The van der Waals surface area contributed by atoms with Crippen LogP contribution in [-0.4, -0.2) is 30.1 Å². The van der Waals surface area contributed by atoms with Gasteiger partial charge in [0.1, 0.15) is 5.82 Å². The molecule has 0 spiro atoms. The molecule has 2 unspecified atom stereocenters. The molecule has 1 aliphatic rings. The summed E-state index contributed by atoms with van der Waals surface area (Å²) in [4.78, 5) is 2.44. The lowest BCUT2D eigenvalue weighted by molar-refractivity contribution is 0.129. The Labute approximate surface area is 123 Å². The second kappa shape index (κ2) is 6.82. The van der Waals surface area contributed by atoms with Gasteiger partial charge in [-0.2, -0.15) is 0 Å². The van der Waals surface area contributed by atoms with Gasteiger partial charge in [0, 0.05) is 31.7 Å². The van der Waals surface area contributed by atoms with Crippen molar-refractivity contribution in [2.45, 2.75) is 45.3 Å². The van der Waals surface area contributed by atoms with Crippen molar-refractivity contribution in [3.8, 4) is 0 Å². The monoisotopic (exact) mass is 328 g/mol. The number of halogens is 2. The van der Waals surface area contributed by atoms with Crippen molar-refractivity contribution < 1.29 is 4.39 Å². The van der Waals surface area contributed by atoms with E-state index in [1.807, 2.05) is 6.07 Å². The lowest BCUT2D eigenvalue weighted by Crippen LogP contribution is -2.54. The number of benzene rings is 1. The number of rotatable bonds is 4. The van der Waals surface area contributed by atoms with Crippen LogP contribution in [0.15, 0.2) is 22.7 Å². The van der Waals surface area contributed by atoms with Crippen LogP contribution in [0.2, 0.25) is 0 Å². The molecule has 0 aliphatic carbocycles. The van der Waals surface area contributed by atoms with Crippen molar-refractivity contribution >= 4 is 15.9 Å². The van der Waals surface area contributed by atoms with Crippen LogP contribution in [0.25, 0.3) is 0 Å². The standard InChI is InChI=1S/C15H22BrFN2/c1-3-5-13-10-19(11(2)8-18-13)9-12-6-4-7-14(17)15(12)16/h4,6-7,11,13,18H,3,5,8-10H2,1-2H3. The molecule has 0 radical (unpaired) electrons. The predicted molar refractivity (Wildman–Crippen MR) is 80.7 cm³/mol. The summed E-state index contributed by atoms with van der Waals surface area (Å²) >= 11 is 3.36. The van der Waals surface area contributed by atoms with E-state index >= 15 is 0 Å². The van der Waals surface area contributed by atoms with Gasteiger partial charge in [-0.25, -0.2) is 4.39 Å². The highest BCUT2D eigenvalue weighted by Gasteiger charge is 2.24. The predicted octanol–water partition coefficient (Wildman–Crippen LogP) is 3.55. The molecule has 0 bridgehead atoms. The minimum absolute atomic E-state index is 0.176. The molecule has 4 heteroatoms. The van der Waals surface area contributed by atoms with Gasteiger partial charge < -0.3 is 5.32 Å². The van der Waals surface area contributed by atoms with Crippen LogP contribution in [0.4, 0.5) is 4.39 Å². The average Bonchev–Trinajstić information content (AvgIpc) is 2.39. The second-order valence-corrected chi connectivity index (χ2v) is 6.18.